The number of aromatic nitrogens is 2. The Morgan fingerprint density at radius 1 is 1.40 bits per heavy atom. The summed E-state index contributed by atoms with van der Waals surface area (Å²) < 4.78 is 1.54. The zero-order chi connectivity index (χ0) is 14.5. The van der Waals surface area contributed by atoms with Crippen LogP contribution in [0.2, 0.25) is 0 Å². The fourth-order valence-corrected chi connectivity index (χ4v) is 2.14. The van der Waals surface area contributed by atoms with Crippen molar-refractivity contribution in [1.82, 2.24) is 15.1 Å². The molecule has 0 spiro atoms. The Morgan fingerprint density at radius 2 is 2.10 bits per heavy atom. The van der Waals surface area contributed by atoms with Gasteiger partial charge in [0.1, 0.15) is 5.69 Å². The van der Waals surface area contributed by atoms with Gasteiger partial charge in [0.25, 0.3) is 5.91 Å². The van der Waals surface area contributed by atoms with Gasteiger partial charge < -0.3 is 10.4 Å². The number of rotatable bonds is 5. The molecule has 106 valence electrons. The minimum absolute atomic E-state index is 0.0997. The molecule has 0 aliphatic heterocycles. The standard InChI is InChI=1S/C15H19N3O2/c1-11-8-14(18(2)17-11)15(20)16-13(10-19)9-12-6-4-3-5-7-12/h3-8,13,19H,9-10H2,1-2H3,(H,16,20)/t13-/m1/s1. The molecule has 2 aromatic rings. The lowest BCUT2D eigenvalue weighted by Crippen LogP contribution is -2.39. The van der Waals surface area contributed by atoms with Crippen LogP contribution in [0.5, 0.6) is 0 Å². The summed E-state index contributed by atoms with van der Waals surface area (Å²) in [6.07, 6.45) is 0.597. The number of aryl methyl sites for hydroxylation is 2. The van der Waals surface area contributed by atoms with Gasteiger partial charge in [-0.25, -0.2) is 0 Å². The van der Waals surface area contributed by atoms with Gasteiger partial charge in [-0.2, -0.15) is 5.10 Å². The van der Waals surface area contributed by atoms with Gasteiger partial charge in [0.05, 0.1) is 18.3 Å². The monoisotopic (exact) mass is 273 g/mol. The maximum Gasteiger partial charge on any atom is 0.269 e. The van der Waals surface area contributed by atoms with Crippen molar-refractivity contribution in [3.8, 4) is 0 Å². The van der Waals surface area contributed by atoms with E-state index in [4.69, 9.17) is 0 Å². The number of hydrogen-bond acceptors (Lipinski definition) is 3. The predicted octanol–water partition coefficient (Wildman–Crippen LogP) is 1.06. The Morgan fingerprint density at radius 3 is 2.65 bits per heavy atom. The van der Waals surface area contributed by atoms with Crippen LogP contribution in [0.4, 0.5) is 0 Å². The maximum atomic E-state index is 12.2. The summed E-state index contributed by atoms with van der Waals surface area (Å²) in [5.41, 5.74) is 2.36. The highest BCUT2D eigenvalue weighted by atomic mass is 16.3. The van der Waals surface area contributed by atoms with Crippen LogP contribution in [0.3, 0.4) is 0 Å². The van der Waals surface area contributed by atoms with Crippen molar-refractivity contribution in [1.29, 1.82) is 0 Å². The summed E-state index contributed by atoms with van der Waals surface area (Å²) in [5, 5.41) is 16.4. The molecule has 1 atom stereocenters. The maximum absolute atomic E-state index is 12.2. The Balaban J connectivity index is 2.03. The molecule has 1 amide bonds. The van der Waals surface area contributed by atoms with Gasteiger partial charge in [0.2, 0.25) is 0 Å². The number of aliphatic hydroxyl groups is 1. The molecule has 0 fully saturated rings. The Labute approximate surface area is 118 Å². The van der Waals surface area contributed by atoms with Gasteiger partial charge in [-0.3, -0.25) is 9.48 Å². The molecule has 0 unspecified atom stereocenters. The average Bonchev–Trinajstić information content (AvgIpc) is 2.78. The molecule has 0 bridgehead atoms. The second-order valence-electron chi connectivity index (χ2n) is 4.84. The minimum atomic E-state index is -0.305. The number of aliphatic hydroxyl groups excluding tert-OH is 1. The van der Waals surface area contributed by atoms with E-state index in [1.54, 1.807) is 17.8 Å². The Bertz CT molecular complexity index is 578. The lowest BCUT2D eigenvalue weighted by Gasteiger charge is -2.16. The number of amides is 1. The number of carbonyl (C=O) groups excluding carboxylic acids is 1. The highest BCUT2D eigenvalue weighted by Gasteiger charge is 2.16. The van der Waals surface area contributed by atoms with E-state index in [1.165, 1.54) is 0 Å². The number of nitrogens with one attached hydrogen (secondary N) is 1. The van der Waals surface area contributed by atoms with Crippen molar-refractivity contribution < 1.29 is 9.90 Å². The van der Waals surface area contributed by atoms with Gasteiger partial charge in [0, 0.05) is 7.05 Å². The molecule has 0 radical (unpaired) electrons. The second kappa shape index (κ2) is 6.34. The van der Waals surface area contributed by atoms with Crippen molar-refractivity contribution in [2.24, 2.45) is 7.05 Å². The molecule has 5 heteroatoms. The van der Waals surface area contributed by atoms with Crippen molar-refractivity contribution in [2.75, 3.05) is 6.61 Å². The third kappa shape index (κ3) is 3.45. The van der Waals surface area contributed by atoms with Crippen LogP contribution in [0.25, 0.3) is 0 Å². The van der Waals surface area contributed by atoms with Gasteiger partial charge >= 0.3 is 0 Å². The van der Waals surface area contributed by atoms with E-state index in [-0.39, 0.29) is 18.6 Å². The Kier molecular flexibility index (Phi) is 4.53. The molecular formula is C15H19N3O2. The lowest BCUT2D eigenvalue weighted by molar-refractivity contribution is 0.0907. The van der Waals surface area contributed by atoms with Gasteiger partial charge in [0.15, 0.2) is 0 Å². The number of benzene rings is 1. The molecule has 0 saturated carbocycles. The lowest BCUT2D eigenvalue weighted by atomic mass is 10.1. The first-order chi connectivity index (χ1) is 9.60. The van der Waals surface area contributed by atoms with Crippen molar-refractivity contribution in [3.63, 3.8) is 0 Å². The van der Waals surface area contributed by atoms with Crippen LogP contribution in [0.1, 0.15) is 21.7 Å². The van der Waals surface area contributed by atoms with E-state index in [2.05, 4.69) is 10.4 Å². The predicted molar refractivity (Wildman–Crippen MR) is 76.4 cm³/mol. The van der Waals surface area contributed by atoms with Crippen molar-refractivity contribution >= 4 is 5.91 Å². The summed E-state index contributed by atoms with van der Waals surface area (Å²) in [6, 6.07) is 11.2. The largest absolute Gasteiger partial charge is 0.394 e. The van der Waals surface area contributed by atoms with E-state index in [9.17, 15) is 9.90 Å². The summed E-state index contributed by atoms with van der Waals surface area (Å²) in [4.78, 5) is 12.2. The second-order valence-corrected chi connectivity index (χ2v) is 4.84. The highest BCUT2D eigenvalue weighted by molar-refractivity contribution is 5.92. The normalized spacial score (nSPS) is 12.2. The molecular weight excluding hydrogens is 254 g/mol. The number of nitrogens with zero attached hydrogens (tertiary/aromatic N) is 2. The smallest absolute Gasteiger partial charge is 0.269 e. The molecule has 5 nitrogen and oxygen atoms in total. The Hall–Kier alpha value is -2.14. The van der Waals surface area contributed by atoms with Crippen LogP contribution in [-0.4, -0.2) is 33.4 Å². The fraction of sp³-hybridized carbons (Fsp3) is 0.333. The first-order valence-electron chi connectivity index (χ1n) is 6.56. The fourth-order valence-electron chi connectivity index (χ4n) is 2.14. The summed E-state index contributed by atoms with van der Waals surface area (Å²) >= 11 is 0. The van der Waals surface area contributed by atoms with Gasteiger partial charge in [-0.05, 0) is 25.0 Å². The zero-order valence-electron chi connectivity index (χ0n) is 11.7. The third-order valence-electron chi connectivity index (χ3n) is 3.12. The van der Waals surface area contributed by atoms with Gasteiger partial charge in [-0.15, -0.1) is 0 Å². The molecule has 1 heterocycles. The summed E-state index contributed by atoms with van der Waals surface area (Å²) in [7, 11) is 1.73. The highest BCUT2D eigenvalue weighted by Crippen LogP contribution is 2.06. The van der Waals surface area contributed by atoms with Crippen LogP contribution >= 0.6 is 0 Å². The summed E-state index contributed by atoms with van der Waals surface area (Å²) in [5.74, 6) is -0.219. The third-order valence-corrected chi connectivity index (χ3v) is 3.12. The van der Waals surface area contributed by atoms with E-state index in [0.29, 0.717) is 12.1 Å². The average molecular weight is 273 g/mol. The van der Waals surface area contributed by atoms with E-state index in [1.807, 2.05) is 37.3 Å². The summed E-state index contributed by atoms with van der Waals surface area (Å²) in [6.45, 7) is 1.74. The van der Waals surface area contributed by atoms with Crippen LogP contribution < -0.4 is 5.32 Å². The van der Waals surface area contributed by atoms with Crippen molar-refractivity contribution in [2.45, 2.75) is 19.4 Å². The minimum Gasteiger partial charge on any atom is -0.394 e. The SMILES string of the molecule is Cc1cc(C(=O)N[C@@H](CO)Cc2ccccc2)n(C)n1. The zero-order valence-corrected chi connectivity index (χ0v) is 11.7. The molecule has 2 rings (SSSR count). The molecule has 0 aliphatic rings. The number of carbonyl (C=O) groups is 1. The number of hydrogen-bond donors (Lipinski definition) is 2. The van der Waals surface area contributed by atoms with Crippen LogP contribution in [-0.2, 0) is 13.5 Å². The van der Waals surface area contributed by atoms with E-state index < -0.39 is 0 Å². The molecule has 1 aromatic carbocycles. The molecule has 1 aromatic heterocycles. The molecule has 2 N–H and O–H groups in total. The quantitative estimate of drug-likeness (QED) is 0.856. The first kappa shape index (κ1) is 14.3. The van der Waals surface area contributed by atoms with E-state index >= 15 is 0 Å². The van der Waals surface area contributed by atoms with Crippen molar-refractivity contribution in [3.05, 3.63) is 53.3 Å². The molecule has 0 saturated heterocycles. The van der Waals surface area contributed by atoms with Crippen LogP contribution in [0, 0.1) is 6.92 Å². The first-order valence-corrected chi connectivity index (χ1v) is 6.56. The topological polar surface area (TPSA) is 67.2 Å². The molecule has 20 heavy (non-hydrogen) atoms. The van der Waals surface area contributed by atoms with Crippen LogP contribution in [0.15, 0.2) is 36.4 Å². The van der Waals surface area contributed by atoms with E-state index in [0.717, 1.165) is 11.3 Å². The van der Waals surface area contributed by atoms with Gasteiger partial charge in [-0.1, -0.05) is 30.3 Å². The molecule has 0 aliphatic carbocycles.